The Balaban J connectivity index is 1.69. The van der Waals surface area contributed by atoms with Crippen LogP contribution in [-0.2, 0) is 29.1 Å². The van der Waals surface area contributed by atoms with Crippen LogP contribution >= 0.6 is 11.6 Å². The first-order valence-corrected chi connectivity index (χ1v) is 13.1. The number of nitrogens with zero attached hydrogens (tertiary/aromatic N) is 1. The van der Waals surface area contributed by atoms with E-state index in [0.29, 0.717) is 33.2 Å². The van der Waals surface area contributed by atoms with Crippen LogP contribution in [-0.4, -0.2) is 30.9 Å². The van der Waals surface area contributed by atoms with Crippen molar-refractivity contribution >= 4 is 23.4 Å². The fraction of sp³-hybridized carbons (Fsp3) is 0.188. The van der Waals surface area contributed by atoms with E-state index in [0.717, 1.165) is 5.56 Å². The molecule has 6 nitrogen and oxygen atoms in total. The largest absolute Gasteiger partial charge is 0.493 e. The predicted octanol–water partition coefficient (Wildman–Crippen LogP) is 6.13. The lowest BCUT2D eigenvalue weighted by molar-refractivity contribution is -0.141. The van der Waals surface area contributed by atoms with Gasteiger partial charge in [0.1, 0.15) is 11.9 Å². The Labute approximate surface area is 238 Å². The molecule has 0 aliphatic heterocycles. The van der Waals surface area contributed by atoms with Crippen molar-refractivity contribution in [2.24, 2.45) is 0 Å². The molecule has 0 unspecified atom stereocenters. The van der Waals surface area contributed by atoms with Crippen LogP contribution in [0.2, 0.25) is 5.02 Å². The first-order valence-electron chi connectivity index (χ1n) is 12.7. The molecule has 1 atom stereocenters. The minimum atomic E-state index is -0.957. The maximum atomic E-state index is 14.0. The summed E-state index contributed by atoms with van der Waals surface area (Å²) in [4.78, 5) is 29.3. The summed E-state index contributed by atoms with van der Waals surface area (Å²) in [5.41, 5.74) is 2.77. The van der Waals surface area contributed by atoms with Crippen LogP contribution in [0.4, 0.5) is 4.39 Å². The summed E-state index contributed by atoms with van der Waals surface area (Å²) in [6, 6.07) is 26.5. The molecule has 40 heavy (non-hydrogen) atoms. The molecule has 0 heterocycles. The minimum absolute atomic E-state index is 0.00265. The average Bonchev–Trinajstić information content (AvgIpc) is 2.98. The molecular formula is C32H30ClFN2O4. The van der Waals surface area contributed by atoms with Crippen molar-refractivity contribution in [1.82, 2.24) is 10.2 Å². The van der Waals surface area contributed by atoms with Crippen LogP contribution in [0.3, 0.4) is 0 Å². The Hall–Kier alpha value is -4.36. The van der Waals surface area contributed by atoms with E-state index in [1.807, 2.05) is 36.4 Å². The number of hydrogen-bond donors (Lipinski definition) is 1. The summed E-state index contributed by atoms with van der Waals surface area (Å²) in [5, 5.41) is 3.49. The molecule has 0 bridgehead atoms. The van der Waals surface area contributed by atoms with Gasteiger partial charge < -0.3 is 19.7 Å². The highest BCUT2D eigenvalue weighted by molar-refractivity contribution is 6.31. The summed E-state index contributed by atoms with van der Waals surface area (Å²) >= 11 is 6.31. The number of benzene rings is 4. The van der Waals surface area contributed by atoms with Crippen molar-refractivity contribution in [2.45, 2.75) is 25.6 Å². The predicted molar refractivity (Wildman–Crippen MR) is 153 cm³/mol. The first-order chi connectivity index (χ1) is 19.4. The van der Waals surface area contributed by atoms with E-state index >= 15 is 0 Å². The number of carbonyl (C=O) groups excluding carboxylic acids is 2. The van der Waals surface area contributed by atoms with E-state index in [1.54, 1.807) is 55.6 Å². The molecule has 0 spiro atoms. The number of hydrogen-bond acceptors (Lipinski definition) is 4. The zero-order valence-electron chi connectivity index (χ0n) is 22.3. The molecule has 4 rings (SSSR count). The van der Waals surface area contributed by atoms with E-state index in [1.165, 1.54) is 24.1 Å². The molecule has 0 aliphatic carbocycles. The lowest BCUT2D eigenvalue weighted by Crippen LogP contribution is -2.43. The molecule has 4 aromatic carbocycles. The molecule has 0 fully saturated rings. The Morgan fingerprint density at radius 1 is 0.850 bits per heavy atom. The van der Waals surface area contributed by atoms with Gasteiger partial charge in [-0.1, -0.05) is 78.3 Å². The fourth-order valence-electron chi connectivity index (χ4n) is 4.41. The van der Waals surface area contributed by atoms with Crippen molar-refractivity contribution in [1.29, 1.82) is 0 Å². The summed E-state index contributed by atoms with van der Waals surface area (Å²) in [7, 11) is 3.07. The highest BCUT2D eigenvalue weighted by Gasteiger charge is 2.31. The average molecular weight is 561 g/mol. The second-order valence-electron chi connectivity index (χ2n) is 9.14. The number of halogens is 2. The zero-order valence-corrected chi connectivity index (χ0v) is 23.0. The molecule has 0 aliphatic rings. The summed E-state index contributed by atoms with van der Waals surface area (Å²) in [5.74, 6) is -0.00538. The second-order valence-corrected chi connectivity index (χ2v) is 9.54. The number of nitrogens with one attached hydrogen (secondary N) is 1. The van der Waals surface area contributed by atoms with Gasteiger partial charge in [0.15, 0.2) is 11.5 Å². The zero-order chi connectivity index (χ0) is 28.5. The van der Waals surface area contributed by atoms with Crippen molar-refractivity contribution in [3.05, 3.63) is 130 Å². The first kappa shape index (κ1) is 28.6. The third kappa shape index (κ3) is 7.18. The van der Waals surface area contributed by atoms with Gasteiger partial charge in [0, 0.05) is 18.1 Å². The smallest absolute Gasteiger partial charge is 0.247 e. The molecule has 0 radical (unpaired) electrons. The summed E-state index contributed by atoms with van der Waals surface area (Å²) in [6.45, 7) is 0.279. The third-order valence-electron chi connectivity index (χ3n) is 6.48. The maximum absolute atomic E-state index is 14.0. The molecule has 206 valence electrons. The van der Waals surface area contributed by atoms with E-state index in [4.69, 9.17) is 21.1 Å². The Morgan fingerprint density at radius 2 is 1.50 bits per heavy atom. The standard InChI is InChI=1S/C32H30ClFN2O4/c1-39-28-17-14-23(18-29(28)40-2)19-30(37)36(21-22-12-15-26(34)16-13-22)31(24-8-4-3-5-9-24)32(38)35-20-25-10-6-7-11-27(25)33/h3-18,31H,19-21H2,1-2H3,(H,35,38)/t31-/m0/s1. The maximum Gasteiger partial charge on any atom is 0.247 e. The number of methoxy groups -OCH3 is 2. The van der Waals surface area contributed by atoms with Gasteiger partial charge in [0.05, 0.1) is 20.6 Å². The van der Waals surface area contributed by atoms with Crippen molar-refractivity contribution in [3.63, 3.8) is 0 Å². The van der Waals surface area contributed by atoms with Crippen LogP contribution in [0.5, 0.6) is 11.5 Å². The van der Waals surface area contributed by atoms with Gasteiger partial charge in [-0.25, -0.2) is 4.39 Å². The molecule has 2 amide bonds. The number of carbonyl (C=O) groups is 2. The quantitative estimate of drug-likeness (QED) is 0.240. The molecule has 1 N–H and O–H groups in total. The normalized spacial score (nSPS) is 11.4. The van der Waals surface area contributed by atoms with Crippen molar-refractivity contribution in [2.75, 3.05) is 14.2 Å². The minimum Gasteiger partial charge on any atom is -0.493 e. The molecular weight excluding hydrogens is 531 g/mol. The highest BCUT2D eigenvalue weighted by Crippen LogP contribution is 2.30. The van der Waals surface area contributed by atoms with Crippen LogP contribution in [0.25, 0.3) is 0 Å². The van der Waals surface area contributed by atoms with E-state index in [9.17, 15) is 14.0 Å². The number of amides is 2. The van der Waals surface area contributed by atoms with Crippen LogP contribution < -0.4 is 14.8 Å². The Morgan fingerprint density at radius 3 is 2.17 bits per heavy atom. The monoisotopic (exact) mass is 560 g/mol. The van der Waals surface area contributed by atoms with Gasteiger partial charge in [-0.05, 0) is 52.6 Å². The SMILES string of the molecule is COc1ccc(CC(=O)N(Cc2ccc(F)cc2)[C@H](C(=O)NCc2ccccc2Cl)c2ccccc2)cc1OC. The molecule has 4 aromatic rings. The fourth-order valence-corrected chi connectivity index (χ4v) is 4.61. The lowest BCUT2D eigenvalue weighted by atomic mass is 10.0. The summed E-state index contributed by atoms with van der Waals surface area (Å²) < 4.78 is 24.4. The Kier molecular flexibility index (Phi) is 9.76. The summed E-state index contributed by atoms with van der Waals surface area (Å²) in [6.07, 6.45) is 0.00265. The van der Waals surface area contributed by atoms with Crippen LogP contribution in [0.15, 0.2) is 97.1 Å². The topological polar surface area (TPSA) is 67.9 Å². The van der Waals surface area contributed by atoms with Crippen LogP contribution in [0, 0.1) is 5.82 Å². The van der Waals surface area contributed by atoms with Crippen molar-refractivity contribution < 1.29 is 23.5 Å². The van der Waals surface area contributed by atoms with E-state index in [2.05, 4.69) is 5.32 Å². The Bertz CT molecular complexity index is 1450. The number of rotatable bonds is 11. The van der Waals surface area contributed by atoms with Gasteiger partial charge >= 0.3 is 0 Å². The molecule has 0 saturated heterocycles. The van der Waals surface area contributed by atoms with E-state index in [-0.39, 0.29) is 37.1 Å². The highest BCUT2D eigenvalue weighted by atomic mass is 35.5. The second kappa shape index (κ2) is 13.6. The molecule has 0 saturated carbocycles. The van der Waals surface area contributed by atoms with Gasteiger partial charge in [-0.3, -0.25) is 9.59 Å². The lowest BCUT2D eigenvalue weighted by Gasteiger charge is -2.32. The molecule has 0 aromatic heterocycles. The van der Waals surface area contributed by atoms with Crippen LogP contribution in [0.1, 0.15) is 28.3 Å². The number of ether oxygens (including phenoxy) is 2. The van der Waals surface area contributed by atoms with Gasteiger partial charge in [-0.2, -0.15) is 0 Å². The van der Waals surface area contributed by atoms with Gasteiger partial charge in [-0.15, -0.1) is 0 Å². The van der Waals surface area contributed by atoms with Gasteiger partial charge in [0.25, 0.3) is 0 Å². The third-order valence-corrected chi connectivity index (χ3v) is 6.84. The molecule has 8 heteroatoms. The van der Waals surface area contributed by atoms with Crippen molar-refractivity contribution in [3.8, 4) is 11.5 Å². The van der Waals surface area contributed by atoms with Gasteiger partial charge in [0.2, 0.25) is 11.8 Å². The van der Waals surface area contributed by atoms with E-state index < -0.39 is 6.04 Å².